The number of carbonyl (C=O) groups excluding carboxylic acids is 1. The molecule has 1 aliphatic rings. The summed E-state index contributed by atoms with van der Waals surface area (Å²) in [4.78, 5) is 24.3. The lowest BCUT2D eigenvalue weighted by Gasteiger charge is -2.13. The van der Waals surface area contributed by atoms with Gasteiger partial charge in [0.25, 0.3) is 11.6 Å². The number of aromatic nitrogens is 2. The zero-order valence-electron chi connectivity index (χ0n) is 10.1. The summed E-state index contributed by atoms with van der Waals surface area (Å²) in [5.74, 6) is -0.163. The molecule has 0 atom stereocenters. The van der Waals surface area contributed by atoms with Crippen molar-refractivity contribution in [1.82, 2.24) is 15.1 Å². The fourth-order valence-corrected chi connectivity index (χ4v) is 2.35. The number of nitrogens with one attached hydrogen (secondary N) is 1. The van der Waals surface area contributed by atoms with Crippen LogP contribution in [0.5, 0.6) is 0 Å². The highest BCUT2D eigenvalue weighted by atomic mass is 16.6. The van der Waals surface area contributed by atoms with Crippen molar-refractivity contribution in [3.8, 4) is 0 Å². The maximum Gasteiger partial charge on any atom is 0.274 e. The molecule has 7 nitrogen and oxygen atoms in total. The molecule has 0 saturated carbocycles. The molecular weight excluding hydrogens is 248 g/mol. The number of non-ortho nitro benzene ring substituents is 1. The van der Waals surface area contributed by atoms with Crippen molar-refractivity contribution in [3.63, 3.8) is 0 Å². The first-order chi connectivity index (χ1) is 9.16. The van der Waals surface area contributed by atoms with Gasteiger partial charge in [0.15, 0.2) is 5.69 Å². The van der Waals surface area contributed by atoms with Crippen LogP contribution in [0.2, 0.25) is 0 Å². The van der Waals surface area contributed by atoms with Crippen LogP contribution in [0, 0.1) is 10.1 Å². The van der Waals surface area contributed by atoms with Gasteiger partial charge < -0.3 is 4.90 Å². The van der Waals surface area contributed by atoms with E-state index in [1.807, 2.05) is 0 Å². The topological polar surface area (TPSA) is 92.1 Å². The molecule has 0 spiro atoms. The number of amides is 1. The molecule has 1 aromatic heterocycles. The first-order valence-corrected chi connectivity index (χ1v) is 6.08. The molecule has 1 N–H and O–H groups in total. The Labute approximate surface area is 108 Å². The van der Waals surface area contributed by atoms with Crippen LogP contribution in [0.1, 0.15) is 23.3 Å². The van der Waals surface area contributed by atoms with Gasteiger partial charge >= 0.3 is 0 Å². The summed E-state index contributed by atoms with van der Waals surface area (Å²) < 4.78 is 0. The van der Waals surface area contributed by atoms with Gasteiger partial charge in [0.2, 0.25) is 0 Å². The zero-order chi connectivity index (χ0) is 13.4. The average Bonchev–Trinajstić information content (AvgIpc) is 3.06. The minimum absolute atomic E-state index is 0.0376. The number of benzene rings is 1. The second-order valence-electron chi connectivity index (χ2n) is 4.56. The molecule has 1 fully saturated rings. The molecule has 7 heteroatoms. The van der Waals surface area contributed by atoms with Crippen LogP contribution < -0.4 is 0 Å². The van der Waals surface area contributed by atoms with Crippen molar-refractivity contribution >= 4 is 22.5 Å². The normalized spacial score (nSPS) is 15.1. The number of rotatable bonds is 2. The Kier molecular flexibility index (Phi) is 2.66. The second-order valence-corrected chi connectivity index (χ2v) is 4.56. The number of nitro groups is 1. The van der Waals surface area contributed by atoms with Gasteiger partial charge in [0, 0.05) is 30.6 Å². The number of H-pyrrole nitrogens is 1. The molecule has 1 aliphatic heterocycles. The number of fused-ring (bicyclic) bond motifs is 1. The van der Waals surface area contributed by atoms with Crippen molar-refractivity contribution in [1.29, 1.82) is 0 Å². The Balaban J connectivity index is 2.05. The van der Waals surface area contributed by atoms with E-state index in [2.05, 4.69) is 10.2 Å². The molecule has 0 radical (unpaired) electrons. The van der Waals surface area contributed by atoms with Gasteiger partial charge in [0.1, 0.15) is 0 Å². The molecule has 1 amide bonds. The highest BCUT2D eigenvalue weighted by molar-refractivity contribution is 6.05. The first kappa shape index (κ1) is 11.6. The molecule has 0 bridgehead atoms. The lowest BCUT2D eigenvalue weighted by molar-refractivity contribution is -0.384. The average molecular weight is 260 g/mol. The highest BCUT2D eigenvalue weighted by Crippen LogP contribution is 2.23. The predicted octanol–water partition coefficient (Wildman–Crippen LogP) is 1.71. The Bertz CT molecular complexity index is 658. The van der Waals surface area contributed by atoms with Crippen molar-refractivity contribution in [2.45, 2.75) is 12.8 Å². The molecule has 19 heavy (non-hydrogen) atoms. The van der Waals surface area contributed by atoms with E-state index in [1.165, 1.54) is 12.1 Å². The third-order valence-corrected chi connectivity index (χ3v) is 3.35. The van der Waals surface area contributed by atoms with Gasteiger partial charge in [-0.05, 0) is 18.9 Å². The van der Waals surface area contributed by atoms with Gasteiger partial charge in [-0.15, -0.1) is 0 Å². The number of nitro benzene ring substituents is 1. The highest BCUT2D eigenvalue weighted by Gasteiger charge is 2.24. The molecular formula is C12H12N4O3. The molecule has 2 heterocycles. The fourth-order valence-electron chi connectivity index (χ4n) is 2.35. The van der Waals surface area contributed by atoms with Crippen molar-refractivity contribution in [2.24, 2.45) is 0 Å². The van der Waals surface area contributed by atoms with E-state index >= 15 is 0 Å². The Hall–Kier alpha value is -2.44. The van der Waals surface area contributed by atoms with E-state index in [1.54, 1.807) is 11.0 Å². The van der Waals surface area contributed by atoms with E-state index < -0.39 is 4.92 Å². The lowest BCUT2D eigenvalue weighted by Crippen LogP contribution is -2.28. The molecule has 2 aromatic rings. The zero-order valence-corrected chi connectivity index (χ0v) is 10.1. The molecule has 1 saturated heterocycles. The van der Waals surface area contributed by atoms with Gasteiger partial charge in [-0.2, -0.15) is 5.10 Å². The van der Waals surface area contributed by atoms with E-state index in [0.29, 0.717) is 10.9 Å². The van der Waals surface area contributed by atoms with Crippen molar-refractivity contribution < 1.29 is 9.72 Å². The number of carbonyl (C=O) groups is 1. The van der Waals surface area contributed by atoms with E-state index in [0.717, 1.165) is 25.9 Å². The summed E-state index contributed by atoms with van der Waals surface area (Å²) in [6.45, 7) is 1.45. The summed E-state index contributed by atoms with van der Waals surface area (Å²) >= 11 is 0. The minimum atomic E-state index is -0.476. The largest absolute Gasteiger partial charge is 0.337 e. The summed E-state index contributed by atoms with van der Waals surface area (Å²) in [5, 5.41) is 18.0. The van der Waals surface area contributed by atoms with Gasteiger partial charge in [0.05, 0.1) is 10.4 Å². The molecule has 0 unspecified atom stereocenters. The van der Waals surface area contributed by atoms with E-state index in [9.17, 15) is 14.9 Å². The fraction of sp³-hybridized carbons (Fsp3) is 0.333. The van der Waals surface area contributed by atoms with Crippen molar-refractivity contribution in [3.05, 3.63) is 34.0 Å². The SMILES string of the molecule is O=C(c1n[nH]c2ccc([N+](=O)[O-])cc12)N1CCCC1. The van der Waals surface area contributed by atoms with Crippen LogP contribution in [-0.4, -0.2) is 39.0 Å². The number of hydrogen-bond donors (Lipinski definition) is 1. The van der Waals surface area contributed by atoms with Gasteiger partial charge in [-0.3, -0.25) is 20.0 Å². The molecule has 98 valence electrons. The minimum Gasteiger partial charge on any atom is -0.337 e. The molecule has 0 aliphatic carbocycles. The number of likely N-dealkylation sites (tertiary alicyclic amines) is 1. The third-order valence-electron chi connectivity index (χ3n) is 3.35. The summed E-state index contributed by atoms with van der Waals surface area (Å²) in [6, 6.07) is 4.36. The van der Waals surface area contributed by atoms with Gasteiger partial charge in [-0.1, -0.05) is 0 Å². The summed E-state index contributed by atoms with van der Waals surface area (Å²) in [6.07, 6.45) is 1.99. The van der Waals surface area contributed by atoms with Crippen LogP contribution in [0.15, 0.2) is 18.2 Å². The van der Waals surface area contributed by atoms with Gasteiger partial charge in [-0.25, -0.2) is 0 Å². The van der Waals surface area contributed by atoms with Crippen LogP contribution in [0.3, 0.4) is 0 Å². The van der Waals surface area contributed by atoms with Crippen molar-refractivity contribution in [2.75, 3.05) is 13.1 Å². The smallest absolute Gasteiger partial charge is 0.274 e. The van der Waals surface area contributed by atoms with E-state index in [-0.39, 0.29) is 17.3 Å². The van der Waals surface area contributed by atoms with Crippen LogP contribution in [0.4, 0.5) is 5.69 Å². The second kappa shape index (κ2) is 4.34. The van der Waals surface area contributed by atoms with Crippen LogP contribution in [-0.2, 0) is 0 Å². The summed E-state index contributed by atoms with van der Waals surface area (Å²) in [5.41, 5.74) is 0.859. The third kappa shape index (κ3) is 1.92. The lowest BCUT2D eigenvalue weighted by atomic mass is 10.2. The predicted molar refractivity (Wildman–Crippen MR) is 67.9 cm³/mol. The maximum absolute atomic E-state index is 12.3. The Morgan fingerprint density at radius 1 is 1.37 bits per heavy atom. The maximum atomic E-state index is 12.3. The quantitative estimate of drug-likeness (QED) is 0.657. The van der Waals surface area contributed by atoms with Crippen LogP contribution in [0.25, 0.3) is 10.9 Å². The molecule has 3 rings (SSSR count). The summed E-state index contributed by atoms with van der Waals surface area (Å²) in [7, 11) is 0. The molecule has 1 aromatic carbocycles. The Morgan fingerprint density at radius 3 is 2.79 bits per heavy atom. The first-order valence-electron chi connectivity index (χ1n) is 6.08. The Morgan fingerprint density at radius 2 is 2.11 bits per heavy atom. The monoisotopic (exact) mass is 260 g/mol. The number of aromatic amines is 1. The number of nitrogens with zero attached hydrogens (tertiary/aromatic N) is 3. The van der Waals surface area contributed by atoms with E-state index in [4.69, 9.17) is 0 Å². The number of hydrogen-bond acceptors (Lipinski definition) is 4. The van der Waals surface area contributed by atoms with Crippen LogP contribution >= 0.6 is 0 Å². The standard InChI is InChI=1S/C12H12N4O3/c17-12(15-5-1-2-6-15)11-9-7-8(16(18)19)3-4-10(9)13-14-11/h3-4,7H,1-2,5-6H2,(H,13,14).